The predicted molar refractivity (Wildman–Crippen MR) is 70.1 cm³/mol. The lowest BCUT2D eigenvalue weighted by molar-refractivity contribution is -0.121. The number of furan rings is 1. The standard InChI is InChI=1S/C13H18N2O4/c16-9-2-7-14-13(18)6-8-15-12(17)5-4-11-3-1-10-19-11/h1,3-5,10,16H,2,6-9H2,(H,14,18)(H,15,17)/b5-4+. The summed E-state index contributed by atoms with van der Waals surface area (Å²) in [6, 6.07) is 3.46. The van der Waals surface area contributed by atoms with Crippen LogP contribution in [0.5, 0.6) is 0 Å². The van der Waals surface area contributed by atoms with Crippen LogP contribution in [0.4, 0.5) is 0 Å². The zero-order valence-corrected chi connectivity index (χ0v) is 10.6. The van der Waals surface area contributed by atoms with Crippen molar-refractivity contribution in [2.75, 3.05) is 19.7 Å². The fourth-order valence-corrected chi connectivity index (χ4v) is 1.30. The molecule has 6 heteroatoms. The van der Waals surface area contributed by atoms with Crippen LogP contribution < -0.4 is 10.6 Å². The van der Waals surface area contributed by atoms with Gasteiger partial charge in [0.25, 0.3) is 0 Å². The van der Waals surface area contributed by atoms with Gasteiger partial charge in [-0.2, -0.15) is 0 Å². The minimum atomic E-state index is -0.278. The van der Waals surface area contributed by atoms with Crippen LogP contribution in [0.3, 0.4) is 0 Å². The molecule has 0 fully saturated rings. The lowest BCUT2D eigenvalue weighted by atomic mass is 10.3. The van der Waals surface area contributed by atoms with Gasteiger partial charge in [-0.05, 0) is 24.6 Å². The topological polar surface area (TPSA) is 91.6 Å². The second-order valence-electron chi connectivity index (χ2n) is 3.82. The van der Waals surface area contributed by atoms with Crippen LogP contribution in [0.15, 0.2) is 28.9 Å². The molecule has 0 saturated carbocycles. The minimum Gasteiger partial charge on any atom is -0.465 e. The second-order valence-corrected chi connectivity index (χ2v) is 3.82. The van der Waals surface area contributed by atoms with E-state index in [-0.39, 0.29) is 31.4 Å². The maximum atomic E-state index is 11.4. The van der Waals surface area contributed by atoms with E-state index in [1.54, 1.807) is 18.2 Å². The molecule has 1 aromatic heterocycles. The Morgan fingerprint density at radius 1 is 1.32 bits per heavy atom. The van der Waals surface area contributed by atoms with E-state index in [4.69, 9.17) is 9.52 Å². The molecular weight excluding hydrogens is 248 g/mol. The SMILES string of the molecule is O=C(/C=C/c1ccco1)NCCC(=O)NCCCO. The number of aliphatic hydroxyl groups excluding tert-OH is 1. The Labute approximate surface area is 111 Å². The van der Waals surface area contributed by atoms with Crippen LogP contribution >= 0.6 is 0 Å². The van der Waals surface area contributed by atoms with E-state index < -0.39 is 0 Å². The first-order valence-corrected chi connectivity index (χ1v) is 6.09. The normalized spacial score (nSPS) is 10.6. The summed E-state index contributed by atoms with van der Waals surface area (Å²) < 4.78 is 5.03. The van der Waals surface area contributed by atoms with Gasteiger partial charge in [-0.15, -0.1) is 0 Å². The number of nitrogens with one attached hydrogen (secondary N) is 2. The van der Waals surface area contributed by atoms with Gasteiger partial charge in [-0.3, -0.25) is 9.59 Å². The van der Waals surface area contributed by atoms with E-state index in [1.807, 2.05) is 0 Å². The van der Waals surface area contributed by atoms with E-state index in [1.165, 1.54) is 12.3 Å². The molecule has 0 aromatic carbocycles. The van der Waals surface area contributed by atoms with Crippen molar-refractivity contribution in [1.29, 1.82) is 0 Å². The van der Waals surface area contributed by atoms with Crippen molar-refractivity contribution in [1.82, 2.24) is 10.6 Å². The molecule has 2 amide bonds. The Morgan fingerprint density at radius 2 is 2.16 bits per heavy atom. The molecule has 0 bridgehead atoms. The highest BCUT2D eigenvalue weighted by Gasteiger charge is 2.01. The summed E-state index contributed by atoms with van der Waals surface area (Å²) in [5.74, 6) is 0.167. The first-order chi connectivity index (χ1) is 9.22. The van der Waals surface area contributed by atoms with Gasteiger partial charge < -0.3 is 20.2 Å². The van der Waals surface area contributed by atoms with Crippen molar-refractivity contribution in [3.8, 4) is 0 Å². The van der Waals surface area contributed by atoms with E-state index in [2.05, 4.69) is 10.6 Å². The van der Waals surface area contributed by atoms with Gasteiger partial charge in [0.05, 0.1) is 6.26 Å². The summed E-state index contributed by atoms with van der Waals surface area (Å²) in [4.78, 5) is 22.6. The third-order valence-corrected chi connectivity index (χ3v) is 2.25. The quantitative estimate of drug-likeness (QED) is 0.466. The monoisotopic (exact) mass is 266 g/mol. The highest BCUT2D eigenvalue weighted by atomic mass is 16.3. The van der Waals surface area contributed by atoms with E-state index in [0.29, 0.717) is 18.7 Å². The Hall–Kier alpha value is -2.08. The molecule has 0 aliphatic rings. The fourth-order valence-electron chi connectivity index (χ4n) is 1.30. The second kappa shape index (κ2) is 8.93. The Balaban J connectivity index is 2.11. The molecule has 1 rings (SSSR count). The van der Waals surface area contributed by atoms with E-state index in [9.17, 15) is 9.59 Å². The molecule has 1 aromatic rings. The summed E-state index contributed by atoms with van der Waals surface area (Å²) in [7, 11) is 0. The Bertz CT molecular complexity index is 412. The van der Waals surface area contributed by atoms with Crippen LogP contribution in [0.25, 0.3) is 6.08 Å². The van der Waals surface area contributed by atoms with Crippen LogP contribution in [0, 0.1) is 0 Å². The van der Waals surface area contributed by atoms with Crippen molar-refractivity contribution in [3.63, 3.8) is 0 Å². The van der Waals surface area contributed by atoms with Gasteiger partial charge in [0.2, 0.25) is 11.8 Å². The molecule has 1 heterocycles. The molecule has 104 valence electrons. The predicted octanol–water partition coefficient (Wildman–Crippen LogP) is 0.298. The summed E-state index contributed by atoms with van der Waals surface area (Å²) in [5.41, 5.74) is 0. The molecule has 3 N–H and O–H groups in total. The van der Waals surface area contributed by atoms with Gasteiger partial charge in [0.15, 0.2) is 0 Å². The van der Waals surface area contributed by atoms with Gasteiger partial charge >= 0.3 is 0 Å². The van der Waals surface area contributed by atoms with E-state index >= 15 is 0 Å². The fraction of sp³-hybridized carbons (Fsp3) is 0.385. The minimum absolute atomic E-state index is 0.0502. The first kappa shape index (κ1) is 15.0. The van der Waals surface area contributed by atoms with Crippen molar-refractivity contribution in [2.24, 2.45) is 0 Å². The number of aliphatic hydroxyl groups is 1. The molecule has 0 unspecified atom stereocenters. The van der Waals surface area contributed by atoms with Crippen LogP contribution in [-0.2, 0) is 9.59 Å². The van der Waals surface area contributed by atoms with Crippen molar-refractivity contribution in [2.45, 2.75) is 12.8 Å². The lowest BCUT2D eigenvalue weighted by Crippen LogP contribution is -2.30. The molecule has 19 heavy (non-hydrogen) atoms. The third-order valence-electron chi connectivity index (χ3n) is 2.25. The van der Waals surface area contributed by atoms with Gasteiger partial charge in [-0.25, -0.2) is 0 Å². The number of rotatable bonds is 8. The smallest absolute Gasteiger partial charge is 0.244 e. The zero-order valence-electron chi connectivity index (χ0n) is 10.6. The summed E-state index contributed by atoms with van der Waals surface area (Å²) in [6.45, 7) is 0.766. The molecule has 0 saturated heterocycles. The number of hydrogen-bond donors (Lipinski definition) is 3. The van der Waals surface area contributed by atoms with Crippen LogP contribution in [0.2, 0.25) is 0 Å². The Morgan fingerprint density at radius 3 is 2.84 bits per heavy atom. The average molecular weight is 266 g/mol. The largest absolute Gasteiger partial charge is 0.465 e. The molecule has 0 spiro atoms. The average Bonchev–Trinajstić information content (AvgIpc) is 2.90. The first-order valence-electron chi connectivity index (χ1n) is 6.09. The maximum absolute atomic E-state index is 11.4. The molecule has 0 aliphatic carbocycles. The summed E-state index contributed by atoms with van der Waals surface area (Å²) in [6.07, 6.45) is 5.17. The third kappa shape index (κ3) is 7.05. The van der Waals surface area contributed by atoms with Gasteiger partial charge in [-0.1, -0.05) is 0 Å². The van der Waals surface area contributed by atoms with Crippen molar-refractivity contribution in [3.05, 3.63) is 30.2 Å². The van der Waals surface area contributed by atoms with Crippen molar-refractivity contribution < 1.29 is 19.1 Å². The maximum Gasteiger partial charge on any atom is 0.244 e. The lowest BCUT2D eigenvalue weighted by Gasteiger charge is -2.04. The molecule has 0 atom stereocenters. The zero-order chi connectivity index (χ0) is 13.9. The number of carbonyl (C=O) groups excluding carboxylic acids is 2. The van der Waals surface area contributed by atoms with Crippen molar-refractivity contribution >= 4 is 17.9 Å². The summed E-state index contributed by atoms with van der Waals surface area (Å²) >= 11 is 0. The number of hydrogen-bond acceptors (Lipinski definition) is 4. The summed E-state index contributed by atoms with van der Waals surface area (Å²) in [5, 5.41) is 13.8. The molecular formula is C13H18N2O4. The van der Waals surface area contributed by atoms with Gasteiger partial charge in [0, 0.05) is 32.2 Å². The highest BCUT2D eigenvalue weighted by molar-refractivity contribution is 5.91. The number of carbonyl (C=O) groups is 2. The van der Waals surface area contributed by atoms with Crippen LogP contribution in [0.1, 0.15) is 18.6 Å². The van der Waals surface area contributed by atoms with E-state index in [0.717, 1.165) is 0 Å². The molecule has 0 radical (unpaired) electrons. The molecule has 0 aliphatic heterocycles. The van der Waals surface area contributed by atoms with Crippen LogP contribution in [-0.4, -0.2) is 36.6 Å². The highest BCUT2D eigenvalue weighted by Crippen LogP contribution is 2.01. The Kier molecular flexibility index (Phi) is 7.04. The number of amides is 2. The van der Waals surface area contributed by atoms with Gasteiger partial charge in [0.1, 0.15) is 5.76 Å². The molecule has 6 nitrogen and oxygen atoms in total.